The van der Waals surface area contributed by atoms with Crippen molar-refractivity contribution in [2.45, 2.75) is 39.7 Å². The topological polar surface area (TPSA) is 69.6 Å². The molecule has 0 heterocycles. The summed E-state index contributed by atoms with van der Waals surface area (Å²) in [6.07, 6.45) is 1.97. The molecule has 1 rings (SSSR count). The number of urea groups is 1. The molecule has 5 heteroatoms. The van der Waals surface area contributed by atoms with Gasteiger partial charge in [0.1, 0.15) is 0 Å². The van der Waals surface area contributed by atoms with Crippen LogP contribution in [0, 0.1) is 5.92 Å². The fourth-order valence-electron chi connectivity index (χ4n) is 2.19. The van der Waals surface area contributed by atoms with Crippen LogP contribution < -0.4 is 10.2 Å². The van der Waals surface area contributed by atoms with E-state index in [0.717, 1.165) is 12.8 Å². The third kappa shape index (κ3) is 4.77. The number of benzene rings is 1. The first kappa shape index (κ1) is 17.0. The highest BCUT2D eigenvalue weighted by Gasteiger charge is 2.19. The van der Waals surface area contributed by atoms with Gasteiger partial charge in [-0.3, -0.25) is 4.90 Å². The summed E-state index contributed by atoms with van der Waals surface area (Å²) in [5, 5.41) is 12.1. The molecule has 2 N–H and O–H groups in total. The van der Waals surface area contributed by atoms with Gasteiger partial charge in [-0.1, -0.05) is 32.4 Å². The van der Waals surface area contributed by atoms with Gasteiger partial charge < -0.3 is 10.4 Å². The Balaban J connectivity index is 2.77. The van der Waals surface area contributed by atoms with Crippen molar-refractivity contribution < 1.29 is 14.7 Å². The molecule has 1 aromatic rings. The molecule has 0 saturated carbocycles. The molecule has 21 heavy (non-hydrogen) atoms. The van der Waals surface area contributed by atoms with Gasteiger partial charge in [-0.15, -0.1) is 0 Å². The van der Waals surface area contributed by atoms with Gasteiger partial charge in [0.05, 0.1) is 11.3 Å². The molecule has 0 aliphatic carbocycles. The van der Waals surface area contributed by atoms with Crippen LogP contribution in [0.1, 0.15) is 44.0 Å². The Bertz CT molecular complexity index is 502. The average molecular weight is 292 g/mol. The normalized spacial score (nSPS) is 13.3. The molecule has 2 unspecified atom stereocenters. The SMILES string of the molecule is CCC(C)CC(C)NC(=O)N(C)c1ccccc1C(=O)O. The monoisotopic (exact) mass is 292 g/mol. The molecule has 0 bridgehead atoms. The van der Waals surface area contributed by atoms with E-state index in [0.29, 0.717) is 11.6 Å². The quantitative estimate of drug-likeness (QED) is 0.844. The van der Waals surface area contributed by atoms with Crippen molar-refractivity contribution in [1.29, 1.82) is 0 Å². The van der Waals surface area contributed by atoms with Gasteiger partial charge in [-0.05, 0) is 31.4 Å². The third-order valence-electron chi connectivity index (χ3n) is 3.62. The third-order valence-corrected chi connectivity index (χ3v) is 3.62. The lowest BCUT2D eigenvalue weighted by Gasteiger charge is -2.24. The smallest absolute Gasteiger partial charge is 0.337 e. The molecule has 5 nitrogen and oxygen atoms in total. The van der Waals surface area contributed by atoms with Crippen molar-refractivity contribution in [2.24, 2.45) is 5.92 Å². The van der Waals surface area contributed by atoms with E-state index < -0.39 is 5.97 Å². The molecule has 1 aromatic carbocycles. The van der Waals surface area contributed by atoms with Gasteiger partial charge in [0.25, 0.3) is 0 Å². The molecular formula is C16H24N2O3. The number of hydrogen-bond donors (Lipinski definition) is 2. The van der Waals surface area contributed by atoms with Crippen molar-refractivity contribution in [2.75, 3.05) is 11.9 Å². The number of nitrogens with zero attached hydrogens (tertiary/aromatic N) is 1. The van der Waals surface area contributed by atoms with Gasteiger partial charge in [0, 0.05) is 13.1 Å². The number of carboxylic acids is 1. The number of carboxylic acid groups (broad SMARTS) is 1. The molecule has 0 aliphatic rings. The molecule has 0 spiro atoms. The first-order valence-corrected chi connectivity index (χ1v) is 7.23. The molecule has 2 amide bonds. The largest absolute Gasteiger partial charge is 0.478 e. The van der Waals surface area contributed by atoms with Crippen LogP contribution in [-0.4, -0.2) is 30.2 Å². The molecule has 0 aliphatic heterocycles. The number of carbonyl (C=O) groups is 2. The highest BCUT2D eigenvalue weighted by atomic mass is 16.4. The Kier molecular flexibility index (Phi) is 6.21. The van der Waals surface area contributed by atoms with Gasteiger partial charge in [0.15, 0.2) is 0 Å². The van der Waals surface area contributed by atoms with E-state index in [4.69, 9.17) is 0 Å². The van der Waals surface area contributed by atoms with Gasteiger partial charge >= 0.3 is 12.0 Å². The molecule has 0 aromatic heterocycles. The number of para-hydroxylation sites is 1. The van der Waals surface area contributed by atoms with Crippen molar-refractivity contribution >= 4 is 17.7 Å². The Morgan fingerprint density at radius 1 is 1.29 bits per heavy atom. The second kappa shape index (κ2) is 7.67. The number of amides is 2. The lowest BCUT2D eigenvalue weighted by molar-refractivity contribution is 0.0697. The molecule has 0 radical (unpaired) electrons. The fraction of sp³-hybridized carbons (Fsp3) is 0.500. The first-order valence-electron chi connectivity index (χ1n) is 7.23. The van der Waals surface area contributed by atoms with Gasteiger partial charge in [-0.2, -0.15) is 0 Å². The Hall–Kier alpha value is -2.04. The maximum absolute atomic E-state index is 12.2. The van der Waals surface area contributed by atoms with Crippen LogP contribution in [0.25, 0.3) is 0 Å². The second-order valence-corrected chi connectivity index (χ2v) is 5.48. The Morgan fingerprint density at radius 3 is 2.48 bits per heavy atom. The summed E-state index contributed by atoms with van der Waals surface area (Å²) < 4.78 is 0. The summed E-state index contributed by atoms with van der Waals surface area (Å²) in [5.41, 5.74) is 0.503. The lowest BCUT2D eigenvalue weighted by Crippen LogP contribution is -2.43. The predicted molar refractivity (Wildman–Crippen MR) is 83.9 cm³/mol. The standard InChI is InChI=1S/C16H24N2O3/c1-5-11(2)10-12(3)17-16(21)18(4)14-9-7-6-8-13(14)15(19)20/h6-9,11-12H,5,10H2,1-4H3,(H,17,21)(H,19,20). The van der Waals surface area contributed by atoms with E-state index in [1.54, 1.807) is 25.2 Å². The average Bonchev–Trinajstić information content (AvgIpc) is 2.45. The Morgan fingerprint density at radius 2 is 1.90 bits per heavy atom. The van der Waals surface area contributed by atoms with Crippen molar-refractivity contribution in [1.82, 2.24) is 5.32 Å². The van der Waals surface area contributed by atoms with Crippen LogP contribution in [0.2, 0.25) is 0 Å². The maximum Gasteiger partial charge on any atom is 0.337 e. The lowest BCUT2D eigenvalue weighted by atomic mass is 10.0. The first-order chi connectivity index (χ1) is 9.86. The molecule has 0 fully saturated rings. The van der Waals surface area contributed by atoms with E-state index in [2.05, 4.69) is 19.2 Å². The van der Waals surface area contributed by atoms with Crippen LogP contribution in [0.3, 0.4) is 0 Å². The number of anilines is 1. The summed E-state index contributed by atoms with van der Waals surface area (Å²) in [7, 11) is 1.58. The number of aromatic carboxylic acids is 1. The van der Waals surface area contributed by atoms with Crippen LogP contribution in [0.5, 0.6) is 0 Å². The molecular weight excluding hydrogens is 268 g/mol. The van der Waals surface area contributed by atoms with Crippen molar-refractivity contribution in [3.63, 3.8) is 0 Å². The summed E-state index contributed by atoms with van der Waals surface area (Å²) >= 11 is 0. The Labute approximate surface area is 126 Å². The molecule has 0 saturated heterocycles. The minimum absolute atomic E-state index is 0.0480. The van der Waals surface area contributed by atoms with E-state index in [9.17, 15) is 14.7 Å². The zero-order chi connectivity index (χ0) is 16.0. The van der Waals surface area contributed by atoms with E-state index >= 15 is 0 Å². The summed E-state index contributed by atoms with van der Waals surface area (Å²) in [5.74, 6) is -0.505. The fourth-order valence-corrected chi connectivity index (χ4v) is 2.19. The predicted octanol–water partition coefficient (Wildman–Crippen LogP) is 3.36. The zero-order valence-electron chi connectivity index (χ0n) is 13.1. The minimum atomic E-state index is -1.04. The van der Waals surface area contributed by atoms with E-state index in [-0.39, 0.29) is 17.6 Å². The number of nitrogens with one attached hydrogen (secondary N) is 1. The number of carbonyl (C=O) groups excluding carboxylic acids is 1. The van der Waals surface area contributed by atoms with Crippen LogP contribution in [-0.2, 0) is 0 Å². The van der Waals surface area contributed by atoms with Crippen LogP contribution in [0.15, 0.2) is 24.3 Å². The second-order valence-electron chi connectivity index (χ2n) is 5.48. The number of hydrogen-bond acceptors (Lipinski definition) is 2. The zero-order valence-corrected chi connectivity index (χ0v) is 13.1. The van der Waals surface area contributed by atoms with Crippen molar-refractivity contribution in [3.8, 4) is 0 Å². The van der Waals surface area contributed by atoms with E-state index in [1.165, 1.54) is 11.0 Å². The molecule has 116 valence electrons. The number of rotatable bonds is 6. The summed E-state index contributed by atoms with van der Waals surface area (Å²) in [6, 6.07) is 6.23. The highest BCUT2D eigenvalue weighted by Crippen LogP contribution is 2.19. The minimum Gasteiger partial charge on any atom is -0.478 e. The van der Waals surface area contributed by atoms with E-state index in [1.807, 2.05) is 6.92 Å². The summed E-state index contributed by atoms with van der Waals surface area (Å²) in [4.78, 5) is 24.8. The van der Waals surface area contributed by atoms with Gasteiger partial charge in [-0.25, -0.2) is 9.59 Å². The highest BCUT2D eigenvalue weighted by molar-refractivity contribution is 6.01. The van der Waals surface area contributed by atoms with Gasteiger partial charge in [0.2, 0.25) is 0 Å². The molecule has 2 atom stereocenters. The van der Waals surface area contributed by atoms with Crippen molar-refractivity contribution in [3.05, 3.63) is 29.8 Å². The summed E-state index contributed by atoms with van der Waals surface area (Å²) in [6.45, 7) is 6.22. The maximum atomic E-state index is 12.2. The van der Waals surface area contributed by atoms with Crippen LogP contribution >= 0.6 is 0 Å². The van der Waals surface area contributed by atoms with Crippen LogP contribution in [0.4, 0.5) is 10.5 Å².